The molecule has 0 aromatic rings. The van der Waals surface area contributed by atoms with E-state index in [-0.39, 0.29) is 22.9 Å². The summed E-state index contributed by atoms with van der Waals surface area (Å²) in [7, 11) is 0. The van der Waals surface area contributed by atoms with E-state index in [1.165, 1.54) is 31.3 Å². The van der Waals surface area contributed by atoms with Gasteiger partial charge in [-0.1, -0.05) is 90.8 Å². The summed E-state index contributed by atoms with van der Waals surface area (Å²) in [4.78, 5) is 11.8. The molecule has 0 amide bonds. The van der Waals surface area contributed by atoms with E-state index in [4.69, 9.17) is 4.74 Å². The molecule has 190 valence electrons. The SMILES string of the molecule is CC(=O)O[C@H]1CC[C@@]2(C)C(=CC=C3[C@@H]4CC[C@H]([C@H](C)/C=C/[C@H](C)C(C)C)[C@@]4(C)CC[C@@H]32)C1(C)C. The maximum absolute atomic E-state index is 11.8. The highest BCUT2D eigenvalue weighted by Crippen LogP contribution is 2.67. The predicted molar refractivity (Wildman–Crippen MR) is 142 cm³/mol. The van der Waals surface area contributed by atoms with Crippen LogP contribution in [0.4, 0.5) is 0 Å². The largest absolute Gasteiger partial charge is 0.462 e. The lowest BCUT2D eigenvalue weighted by atomic mass is 9.47. The Hall–Kier alpha value is -1.31. The van der Waals surface area contributed by atoms with Crippen molar-refractivity contribution >= 4 is 5.97 Å². The van der Waals surface area contributed by atoms with Crippen LogP contribution in [-0.4, -0.2) is 12.1 Å². The first-order valence-electron chi connectivity index (χ1n) is 14.1. The van der Waals surface area contributed by atoms with Gasteiger partial charge in [-0.3, -0.25) is 4.79 Å². The monoisotopic (exact) mass is 466 g/mol. The molecule has 0 aromatic carbocycles. The maximum Gasteiger partial charge on any atom is 0.302 e. The third-order valence-electron chi connectivity index (χ3n) is 11.2. The Morgan fingerprint density at radius 3 is 2.29 bits per heavy atom. The normalized spacial score (nSPS) is 40.6. The van der Waals surface area contributed by atoms with Crippen molar-refractivity contribution in [1.82, 2.24) is 0 Å². The number of ether oxygens (including phenoxy) is 1. The summed E-state index contributed by atoms with van der Waals surface area (Å²) in [5.74, 6) is 4.01. The predicted octanol–water partition coefficient (Wildman–Crippen LogP) is 8.54. The molecule has 4 rings (SSSR count). The van der Waals surface area contributed by atoms with E-state index < -0.39 is 0 Å². The van der Waals surface area contributed by atoms with Crippen molar-refractivity contribution in [2.45, 2.75) is 107 Å². The van der Waals surface area contributed by atoms with Crippen molar-refractivity contribution in [3.8, 4) is 0 Å². The second kappa shape index (κ2) is 8.97. The number of rotatable bonds is 5. The molecule has 0 aromatic heterocycles. The van der Waals surface area contributed by atoms with E-state index in [2.05, 4.69) is 79.7 Å². The summed E-state index contributed by atoms with van der Waals surface area (Å²) < 4.78 is 5.81. The average molecular weight is 467 g/mol. The van der Waals surface area contributed by atoms with Crippen LogP contribution in [0.5, 0.6) is 0 Å². The molecule has 2 nitrogen and oxygen atoms in total. The van der Waals surface area contributed by atoms with Gasteiger partial charge in [0.15, 0.2) is 0 Å². The molecular weight excluding hydrogens is 416 g/mol. The number of fused-ring (bicyclic) bond motifs is 5. The van der Waals surface area contributed by atoms with Gasteiger partial charge in [-0.2, -0.15) is 0 Å². The van der Waals surface area contributed by atoms with Gasteiger partial charge in [0, 0.05) is 12.3 Å². The number of hydrogen-bond donors (Lipinski definition) is 0. The van der Waals surface area contributed by atoms with Gasteiger partial charge < -0.3 is 4.74 Å². The Morgan fingerprint density at radius 2 is 1.65 bits per heavy atom. The lowest BCUT2D eigenvalue weighted by molar-refractivity contribution is -0.155. The Morgan fingerprint density at radius 1 is 0.941 bits per heavy atom. The topological polar surface area (TPSA) is 26.3 Å². The van der Waals surface area contributed by atoms with Crippen molar-refractivity contribution in [1.29, 1.82) is 0 Å². The molecule has 0 unspecified atom stereocenters. The van der Waals surface area contributed by atoms with Crippen molar-refractivity contribution < 1.29 is 9.53 Å². The van der Waals surface area contributed by atoms with Crippen LogP contribution in [0.25, 0.3) is 0 Å². The Labute approximate surface area is 209 Å². The standard InChI is InChI=1S/C32H50O2/c1-20(2)21(3)10-11-22(4)25-13-14-26-24-12-15-28-30(6,7)29(34-23(5)33)17-19-32(28,9)27(24)16-18-31(25,26)8/h10-12,15,20-22,25-27,29H,13-14,16-19H2,1-9H3/b11-10+/t21-,22+,25+,26-,27-,29-,31+,32+/m0/s1. The second-order valence-corrected chi connectivity index (χ2v) is 13.7. The van der Waals surface area contributed by atoms with Gasteiger partial charge >= 0.3 is 5.97 Å². The molecule has 4 aliphatic carbocycles. The summed E-state index contributed by atoms with van der Waals surface area (Å²) >= 11 is 0. The van der Waals surface area contributed by atoms with Crippen LogP contribution >= 0.6 is 0 Å². The summed E-state index contributed by atoms with van der Waals surface area (Å²) in [6.07, 6.45) is 17.4. The van der Waals surface area contributed by atoms with Crippen LogP contribution in [0.15, 0.2) is 35.5 Å². The van der Waals surface area contributed by atoms with Gasteiger partial charge in [0.2, 0.25) is 0 Å². The zero-order valence-corrected chi connectivity index (χ0v) is 23.4. The lowest BCUT2D eigenvalue weighted by Crippen LogP contribution is -2.52. The number of hydrogen-bond acceptors (Lipinski definition) is 2. The minimum atomic E-state index is -0.147. The van der Waals surface area contributed by atoms with Crippen molar-refractivity contribution in [3.63, 3.8) is 0 Å². The molecule has 0 bridgehead atoms. The Balaban J connectivity index is 1.61. The third kappa shape index (κ3) is 4.05. The Bertz CT molecular complexity index is 889. The quantitative estimate of drug-likeness (QED) is 0.300. The van der Waals surface area contributed by atoms with Gasteiger partial charge in [0.25, 0.3) is 0 Å². The molecule has 3 fully saturated rings. The Kier molecular flexibility index (Phi) is 6.80. The van der Waals surface area contributed by atoms with E-state index in [1.54, 1.807) is 12.5 Å². The molecular formula is C32H50O2. The molecule has 3 saturated carbocycles. The van der Waals surface area contributed by atoms with Gasteiger partial charge in [0.05, 0.1) is 0 Å². The summed E-state index contributed by atoms with van der Waals surface area (Å²) in [6.45, 7) is 20.8. The summed E-state index contributed by atoms with van der Waals surface area (Å²) in [5.41, 5.74) is 3.77. The first-order chi connectivity index (χ1) is 15.8. The highest BCUT2D eigenvalue weighted by Gasteiger charge is 2.59. The summed E-state index contributed by atoms with van der Waals surface area (Å²) in [6, 6.07) is 0. The number of allylic oxidation sites excluding steroid dienone is 5. The zero-order valence-electron chi connectivity index (χ0n) is 23.4. The van der Waals surface area contributed by atoms with E-state index >= 15 is 0 Å². The molecule has 0 spiro atoms. The van der Waals surface area contributed by atoms with Gasteiger partial charge in [-0.25, -0.2) is 0 Å². The van der Waals surface area contributed by atoms with Crippen LogP contribution in [0, 0.1) is 51.8 Å². The van der Waals surface area contributed by atoms with Crippen molar-refractivity contribution in [3.05, 3.63) is 35.5 Å². The smallest absolute Gasteiger partial charge is 0.302 e. The van der Waals surface area contributed by atoms with E-state index in [0.29, 0.717) is 29.1 Å². The number of carbonyl (C=O) groups excluding carboxylic acids is 1. The van der Waals surface area contributed by atoms with Gasteiger partial charge in [-0.05, 0) is 84.9 Å². The van der Waals surface area contributed by atoms with Crippen LogP contribution in [0.2, 0.25) is 0 Å². The fraction of sp³-hybridized carbons (Fsp3) is 0.781. The van der Waals surface area contributed by atoms with Crippen molar-refractivity contribution in [2.75, 3.05) is 0 Å². The van der Waals surface area contributed by atoms with Crippen molar-refractivity contribution in [2.24, 2.45) is 51.8 Å². The molecule has 4 aliphatic rings. The number of carbonyl (C=O) groups is 1. The first-order valence-corrected chi connectivity index (χ1v) is 14.1. The van der Waals surface area contributed by atoms with Gasteiger partial charge in [-0.15, -0.1) is 0 Å². The molecule has 0 N–H and O–H groups in total. The fourth-order valence-corrected chi connectivity index (χ4v) is 8.71. The minimum absolute atomic E-state index is 0.00939. The highest BCUT2D eigenvalue weighted by atomic mass is 16.5. The average Bonchev–Trinajstić information content (AvgIpc) is 3.11. The molecule has 34 heavy (non-hydrogen) atoms. The highest BCUT2D eigenvalue weighted by molar-refractivity contribution is 5.66. The van der Waals surface area contributed by atoms with Gasteiger partial charge in [0.1, 0.15) is 6.10 Å². The molecule has 8 atom stereocenters. The van der Waals surface area contributed by atoms with Crippen LogP contribution in [0.3, 0.4) is 0 Å². The maximum atomic E-state index is 11.8. The first kappa shape index (κ1) is 25.8. The molecule has 0 heterocycles. The van der Waals surface area contributed by atoms with Crippen LogP contribution in [0.1, 0.15) is 101 Å². The number of esters is 1. The van der Waals surface area contributed by atoms with E-state index in [0.717, 1.165) is 24.7 Å². The molecule has 0 radical (unpaired) electrons. The molecule has 2 heteroatoms. The molecule has 0 saturated heterocycles. The zero-order chi connectivity index (χ0) is 25.1. The molecule has 0 aliphatic heterocycles. The van der Waals surface area contributed by atoms with E-state index in [1.807, 2.05) is 0 Å². The third-order valence-corrected chi connectivity index (χ3v) is 11.2. The minimum Gasteiger partial charge on any atom is -0.462 e. The fourth-order valence-electron chi connectivity index (χ4n) is 8.71. The van der Waals surface area contributed by atoms with Crippen LogP contribution < -0.4 is 0 Å². The second-order valence-electron chi connectivity index (χ2n) is 13.7. The van der Waals surface area contributed by atoms with E-state index in [9.17, 15) is 4.79 Å². The summed E-state index contributed by atoms with van der Waals surface area (Å²) in [5, 5.41) is 0. The lowest BCUT2D eigenvalue weighted by Gasteiger charge is -2.58. The van der Waals surface area contributed by atoms with Crippen LogP contribution in [-0.2, 0) is 9.53 Å².